The summed E-state index contributed by atoms with van der Waals surface area (Å²) in [6.07, 6.45) is 0. The first-order valence-corrected chi connectivity index (χ1v) is 7.22. The Kier molecular flexibility index (Phi) is 3.67. The van der Waals surface area contributed by atoms with Crippen LogP contribution in [0.1, 0.15) is 5.82 Å². The highest BCUT2D eigenvalue weighted by atomic mass is 79.9. The Morgan fingerprint density at radius 2 is 1.76 bits per heavy atom. The summed E-state index contributed by atoms with van der Waals surface area (Å²) in [4.78, 5) is 4.24. The third kappa shape index (κ3) is 2.42. The van der Waals surface area contributed by atoms with Gasteiger partial charge in [-0.3, -0.25) is 4.57 Å². The van der Waals surface area contributed by atoms with Crippen LogP contribution in [-0.2, 0) is 5.88 Å². The normalized spacial score (nSPS) is 11.3. The number of aromatic nitrogens is 2. The zero-order chi connectivity index (χ0) is 15.1. The molecule has 108 valence electrons. The first-order valence-electron chi connectivity index (χ1n) is 5.89. The molecule has 2 nitrogen and oxygen atoms in total. The average Bonchev–Trinajstić information content (AvgIpc) is 2.76. The van der Waals surface area contributed by atoms with Crippen molar-refractivity contribution in [3.05, 3.63) is 58.1 Å². The van der Waals surface area contributed by atoms with E-state index in [-0.39, 0.29) is 11.7 Å². The number of alkyl halides is 1. The predicted molar refractivity (Wildman–Crippen MR) is 78.2 cm³/mol. The SMILES string of the molecule is Fc1cc(F)c(-n2c(CCl)nc3ccc(Br)cc32)c(F)c1. The first-order chi connectivity index (χ1) is 10.0. The molecule has 1 heterocycles. The van der Waals surface area contributed by atoms with Gasteiger partial charge in [-0.1, -0.05) is 15.9 Å². The highest BCUT2D eigenvalue weighted by Gasteiger charge is 2.20. The van der Waals surface area contributed by atoms with Crippen molar-refractivity contribution in [1.29, 1.82) is 0 Å². The predicted octanol–water partition coefficient (Wildman–Crippen LogP) is 4.94. The van der Waals surface area contributed by atoms with Crippen LogP contribution in [0.25, 0.3) is 16.7 Å². The number of hydrogen-bond acceptors (Lipinski definition) is 1. The van der Waals surface area contributed by atoms with Gasteiger partial charge >= 0.3 is 0 Å². The number of hydrogen-bond donors (Lipinski definition) is 0. The second-order valence-electron chi connectivity index (χ2n) is 4.35. The molecule has 3 rings (SSSR count). The molecule has 2 aromatic carbocycles. The molecule has 3 aromatic rings. The molecule has 0 fully saturated rings. The Labute approximate surface area is 131 Å². The summed E-state index contributed by atoms with van der Waals surface area (Å²) < 4.78 is 43.1. The molecule has 0 amide bonds. The molecule has 0 unspecified atom stereocenters. The van der Waals surface area contributed by atoms with Crippen LogP contribution in [0.3, 0.4) is 0 Å². The average molecular weight is 376 g/mol. The van der Waals surface area contributed by atoms with Gasteiger partial charge in [-0.05, 0) is 18.2 Å². The van der Waals surface area contributed by atoms with E-state index in [9.17, 15) is 13.2 Å². The fourth-order valence-corrected chi connectivity index (χ4v) is 2.71. The Morgan fingerprint density at radius 1 is 1.10 bits per heavy atom. The van der Waals surface area contributed by atoms with Gasteiger partial charge in [-0.2, -0.15) is 0 Å². The molecule has 0 spiro atoms. The molecule has 21 heavy (non-hydrogen) atoms. The van der Waals surface area contributed by atoms with Crippen LogP contribution in [0.15, 0.2) is 34.8 Å². The van der Waals surface area contributed by atoms with Crippen LogP contribution in [0.2, 0.25) is 0 Å². The van der Waals surface area contributed by atoms with Crippen molar-refractivity contribution in [3.63, 3.8) is 0 Å². The summed E-state index contributed by atoms with van der Waals surface area (Å²) in [5, 5.41) is 0. The molecule has 1 aromatic heterocycles. The lowest BCUT2D eigenvalue weighted by Gasteiger charge is -2.10. The molecule has 0 saturated carbocycles. The van der Waals surface area contributed by atoms with Crippen molar-refractivity contribution in [2.75, 3.05) is 0 Å². The minimum Gasteiger partial charge on any atom is -0.290 e. The fraction of sp³-hybridized carbons (Fsp3) is 0.0714. The molecule has 0 radical (unpaired) electrons. The van der Waals surface area contributed by atoms with Gasteiger partial charge in [0.2, 0.25) is 0 Å². The van der Waals surface area contributed by atoms with Crippen LogP contribution in [-0.4, -0.2) is 9.55 Å². The maximum absolute atomic E-state index is 14.0. The number of benzene rings is 2. The van der Waals surface area contributed by atoms with E-state index in [1.807, 2.05) is 0 Å². The van der Waals surface area contributed by atoms with Crippen LogP contribution < -0.4 is 0 Å². The van der Waals surface area contributed by atoms with Crippen LogP contribution in [0.4, 0.5) is 13.2 Å². The lowest BCUT2D eigenvalue weighted by Crippen LogP contribution is -2.06. The van der Waals surface area contributed by atoms with Gasteiger partial charge in [0.15, 0.2) is 11.6 Å². The Balaban J connectivity index is 2.41. The number of rotatable bonds is 2. The van der Waals surface area contributed by atoms with E-state index in [1.165, 1.54) is 4.57 Å². The summed E-state index contributed by atoms with van der Waals surface area (Å²) >= 11 is 9.11. The topological polar surface area (TPSA) is 17.8 Å². The van der Waals surface area contributed by atoms with E-state index in [2.05, 4.69) is 20.9 Å². The smallest absolute Gasteiger partial charge is 0.153 e. The zero-order valence-electron chi connectivity index (χ0n) is 10.4. The summed E-state index contributed by atoms with van der Waals surface area (Å²) in [6, 6.07) is 6.38. The second kappa shape index (κ2) is 5.35. The van der Waals surface area contributed by atoms with Crippen molar-refractivity contribution < 1.29 is 13.2 Å². The van der Waals surface area contributed by atoms with Gasteiger partial charge in [0, 0.05) is 16.6 Å². The second-order valence-corrected chi connectivity index (χ2v) is 5.53. The quantitative estimate of drug-likeness (QED) is 0.580. The van der Waals surface area contributed by atoms with E-state index >= 15 is 0 Å². The zero-order valence-corrected chi connectivity index (χ0v) is 12.7. The van der Waals surface area contributed by atoms with E-state index in [0.29, 0.717) is 23.2 Å². The van der Waals surface area contributed by atoms with Crippen molar-refractivity contribution in [3.8, 4) is 5.69 Å². The molecule has 0 atom stereocenters. The largest absolute Gasteiger partial charge is 0.290 e. The van der Waals surface area contributed by atoms with Crippen LogP contribution in [0.5, 0.6) is 0 Å². The Hall–Kier alpha value is -1.53. The first kappa shape index (κ1) is 14.4. The van der Waals surface area contributed by atoms with Crippen molar-refractivity contribution in [2.24, 2.45) is 0 Å². The molecular formula is C14H7BrClF3N2. The Bertz CT molecular complexity index is 825. The maximum Gasteiger partial charge on any atom is 0.153 e. The van der Waals surface area contributed by atoms with Crippen molar-refractivity contribution in [2.45, 2.75) is 5.88 Å². The fourth-order valence-electron chi connectivity index (χ4n) is 2.19. The summed E-state index contributed by atoms with van der Waals surface area (Å²) in [5.41, 5.74) is 0.619. The van der Waals surface area contributed by atoms with Gasteiger partial charge in [0.1, 0.15) is 17.3 Å². The Morgan fingerprint density at radius 3 is 2.38 bits per heavy atom. The molecule has 0 aliphatic rings. The lowest BCUT2D eigenvalue weighted by atomic mass is 10.2. The minimum absolute atomic E-state index is 0.0391. The monoisotopic (exact) mass is 374 g/mol. The van der Waals surface area contributed by atoms with Gasteiger partial charge in [0.05, 0.1) is 16.9 Å². The number of nitrogens with zero attached hydrogens (tertiary/aromatic N) is 2. The molecule has 0 aliphatic heterocycles. The van der Waals surface area contributed by atoms with Gasteiger partial charge < -0.3 is 0 Å². The maximum atomic E-state index is 14.0. The summed E-state index contributed by atoms with van der Waals surface area (Å²) in [5.74, 6) is -2.78. The standard InChI is InChI=1S/C14H7BrClF3N2/c15-7-1-2-11-12(3-7)21(13(6-16)20-11)14-9(18)4-8(17)5-10(14)19/h1-5H,6H2. The van der Waals surface area contributed by atoms with Crippen LogP contribution in [0, 0.1) is 17.5 Å². The van der Waals surface area contributed by atoms with E-state index in [0.717, 1.165) is 4.47 Å². The van der Waals surface area contributed by atoms with Gasteiger partial charge in [-0.25, -0.2) is 18.2 Å². The van der Waals surface area contributed by atoms with Crippen LogP contribution >= 0.6 is 27.5 Å². The molecule has 0 N–H and O–H groups in total. The number of halogens is 5. The summed E-state index contributed by atoms with van der Waals surface area (Å²) in [7, 11) is 0. The molecular weight excluding hydrogens is 369 g/mol. The third-order valence-corrected chi connectivity index (χ3v) is 3.74. The van der Waals surface area contributed by atoms with E-state index in [4.69, 9.17) is 11.6 Å². The van der Waals surface area contributed by atoms with Gasteiger partial charge in [0.25, 0.3) is 0 Å². The van der Waals surface area contributed by atoms with E-state index < -0.39 is 23.1 Å². The number of fused-ring (bicyclic) bond motifs is 1. The minimum atomic E-state index is -1.02. The summed E-state index contributed by atoms with van der Waals surface area (Å²) in [6.45, 7) is 0. The van der Waals surface area contributed by atoms with Crippen molar-refractivity contribution in [1.82, 2.24) is 9.55 Å². The van der Waals surface area contributed by atoms with Gasteiger partial charge in [-0.15, -0.1) is 11.6 Å². The molecule has 7 heteroatoms. The molecule has 0 aliphatic carbocycles. The molecule has 0 saturated heterocycles. The highest BCUT2D eigenvalue weighted by molar-refractivity contribution is 9.10. The van der Waals surface area contributed by atoms with Crippen molar-refractivity contribution >= 4 is 38.6 Å². The molecule has 0 bridgehead atoms. The van der Waals surface area contributed by atoms with E-state index in [1.54, 1.807) is 18.2 Å². The highest BCUT2D eigenvalue weighted by Crippen LogP contribution is 2.28. The lowest BCUT2D eigenvalue weighted by molar-refractivity contribution is 0.534. The third-order valence-electron chi connectivity index (χ3n) is 3.01. The number of imidazole rings is 1.